The Labute approximate surface area is 80.4 Å². The van der Waals surface area contributed by atoms with E-state index in [9.17, 15) is 9.18 Å². The van der Waals surface area contributed by atoms with Gasteiger partial charge in [-0.25, -0.2) is 4.39 Å². The summed E-state index contributed by atoms with van der Waals surface area (Å²) in [5.41, 5.74) is 0.650. The average Bonchev–Trinajstić information content (AvgIpc) is 2.70. The summed E-state index contributed by atoms with van der Waals surface area (Å²) in [5, 5.41) is 0. The second-order valence-corrected chi connectivity index (χ2v) is 2.97. The van der Waals surface area contributed by atoms with Crippen LogP contribution in [0.4, 0.5) is 4.39 Å². The van der Waals surface area contributed by atoms with E-state index in [0.717, 1.165) is 0 Å². The van der Waals surface area contributed by atoms with Crippen LogP contribution in [0.5, 0.6) is 0 Å². The number of benzene rings is 1. The Kier molecular flexibility index (Phi) is 2.56. The minimum Gasteiger partial charge on any atom is -0.346 e. The summed E-state index contributed by atoms with van der Waals surface area (Å²) < 4.78 is 23.7. The van der Waals surface area contributed by atoms with Gasteiger partial charge < -0.3 is 9.47 Å². The molecule has 0 aromatic heterocycles. The fourth-order valence-corrected chi connectivity index (χ4v) is 1.35. The van der Waals surface area contributed by atoms with E-state index in [2.05, 4.69) is 0 Å². The van der Waals surface area contributed by atoms with Crippen molar-refractivity contribution in [2.75, 3.05) is 13.2 Å². The first-order chi connectivity index (χ1) is 6.81. The van der Waals surface area contributed by atoms with Gasteiger partial charge in [0.15, 0.2) is 6.29 Å². The highest BCUT2D eigenvalue weighted by Crippen LogP contribution is 2.25. The Balaban J connectivity index is 2.29. The molecule has 3 nitrogen and oxygen atoms in total. The third-order valence-corrected chi connectivity index (χ3v) is 2.04. The van der Waals surface area contributed by atoms with Gasteiger partial charge in [0, 0.05) is 11.1 Å². The molecule has 0 bridgehead atoms. The third-order valence-electron chi connectivity index (χ3n) is 2.04. The maximum Gasteiger partial charge on any atom is 0.186 e. The molecule has 1 fully saturated rings. The van der Waals surface area contributed by atoms with Crippen LogP contribution in [0.15, 0.2) is 18.2 Å². The lowest BCUT2D eigenvalue weighted by Crippen LogP contribution is -2.01. The maximum atomic E-state index is 13.4. The van der Waals surface area contributed by atoms with Crippen LogP contribution < -0.4 is 0 Å². The summed E-state index contributed by atoms with van der Waals surface area (Å²) in [7, 11) is 0. The van der Waals surface area contributed by atoms with Crippen LogP contribution in [-0.4, -0.2) is 19.5 Å². The van der Waals surface area contributed by atoms with Gasteiger partial charge in [-0.05, 0) is 6.07 Å². The van der Waals surface area contributed by atoms with Crippen molar-refractivity contribution >= 4 is 6.29 Å². The topological polar surface area (TPSA) is 35.5 Å². The van der Waals surface area contributed by atoms with Crippen LogP contribution in [0.25, 0.3) is 0 Å². The average molecular weight is 196 g/mol. The first-order valence-electron chi connectivity index (χ1n) is 4.29. The summed E-state index contributed by atoms with van der Waals surface area (Å²) in [6.45, 7) is 0.944. The van der Waals surface area contributed by atoms with Gasteiger partial charge >= 0.3 is 0 Å². The quantitative estimate of drug-likeness (QED) is 0.675. The van der Waals surface area contributed by atoms with Crippen LogP contribution in [0.3, 0.4) is 0 Å². The van der Waals surface area contributed by atoms with Gasteiger partial charge in [0.05, 0.1) is 13.2 Å². The molecule has 4 heteroatoms. The zero-order valence-electron chi connectivity index (χ0n) is 7.40. The predicted molar refractivity (Wildman–Crippen MR) is 46.4 cm³/mol. The summed E-state index contributed by atoms with van der Waals surface area (Å²) in [5.74, 6) is -0.471. The van der Waals surface area contributed by atoms with Crippen LogP contribution in [0, 0.1) is 5.82 Å². The number of hydrogen-bond acceptors (Lipinski definition) is 3. The minimum absolute atomic E-state index is 0.309. The molecule has 0 amide bonds. The van der Waals surface area contributed by atoms with Gasteiger partial charge in [0.1, 0.15) is 12.1 Å². The fourth-order valence-electron chi connectivity index (χ4n) is 1.35. The van der Waals surface area contributed by atoms with Crippen molar-refractivity contribution < 1.29 is 18.7 Å². The van der Waals surface area contributed by atoms with Crippen molar-refractivity contribution in [1.82, 2.24) is 0 Å². The molecule has 0 unspecified atom stereocenters. The normalized spacial score (nSPS) is 17.2. The molecule has 1 aromatic rings. The Morgan fingerprint density at radius 1 is 1.36 bits per heavy atom. The summed E-state index contributed by atoms with van der Waals surface area (Å²) in [4.78, 5) is 10.4. The van der Waals surface area contributed by atoms with Crippen LogP contribution in [-0.2, 0) is 9.47 Å². The molecule has 74 valence electrons. The molecule has 1 aliphatic rings. The molecule has 0 N–H and O–H groups in total. The molecule has 1 heterocycles. The number of aldehydes is 1. The third kappa shape index (κ3) is 1.66. The standard InChI is InChI=1S/C10H9FO3/c11-9-5-7(6-12)1-2-8(9)10-13-3-4-14-10/h1-2,5-6,10H,3-4H2. The minimum atomic E-state index is -0.629. The second kappa shape index (κ2) is 3.86. The summed E-state index contributed by atoms with van der Waals surface area (Å²) in [6.07, 6.45) is -0.0286. The molecule has 1 saturated heterocycles. The van der Waals surface area contributed by atoms with E-state index in [1.165, 1.54) is 18.2 Å². The van der Waals surface area contributed by atoms with Gasteiger partial charge in [0.2, 0.25) is 0 Å². The SMILES string of the molecule is O=Cc1ccc(C2OCCO2)c(F)c1. The van der Waals surface area contributed by atoms with Gasteiger partial charge in [-0.2, -0.15) is 0 Å². The van der Waals surface area contributed by atoms with Gasteiger partial charge in [-0.15, -0.1) is 0 Å². The van der Waals surface area contributed by atoms with Gasteiger partial charge in [-0.3, -0.25) is 4.79 Å². The largest absolute Gasteiger partial charge is 0.346 e. The fraction of sp³-hybridized carbons (Fsp3) is 0.300. The Morgan fingerprint density at radius 2 is 2.07 bits per heavy atom. The van der Waals surface area contributed by atoms with E-state index in [-0.39, 0.29) is 0 Å². The molecular formula is C10H9FO3. The Hall–Kier alpha value is -1.26. The van der Waals surface area contributed by atoms with E-state index in [4.69, 9.17) is 9.47 Å². The lowest BCUT2D eigenvalue weighted by atomic mass is 10.1. The summed E-state index contributed by atoms with van der Waals surface area (Å²) >= 11 is 0. The highest BCUT2D eigenvalue weighted by molar-refractivity contribution is 5.74. The number of carbonyl (C=O) groups excluding carboxylic acids is 1. The summed E-state index contributed by atoms with van der Waals surface area (Å²) in [6, 6.07) is 4.22. The van der Waals surface area contributed by atoms with Crippen molar-refractivity contribution in [2.45, 2.75) is 6.29 Å². The molecule has 0 saturated carbocycles. The molecule has 1 aromatic carbocycles. The first kappa shape index (κ1) is 9.30. The smallest absolute Gasteiger partial charge is 0.186 e. The number of halogens is 1. The van der Waals surface area contributed by atoms with E-state index < -0.39 is 12.1 Å². The van der Waals surface area contributed by atoms with Crippen LogP contribution in [0.2, 0.25) is 0 Å². The number of hydrogen-bond donors (Lipinski definition) is 0. The number of ether oxygens (including phenoxy) is 2. The lowest BCUT2D eigenvalue weighted by Gasteiger charge is -2.10. The zero-order valence-corrected chi connectivity index (χ0v) is 7.40. The first-order valence-corrected chi connectivity index (χ1v) is 4.29. The molecule has 0 radical (unpaired) electrons. The highest BCUT2D eigenvalue weighted by Gasteiger charge is 2.21. The van der Waals surface area contributed by atoms with Crippen LogP contribution in [0.1, 0.15) is 22.2 Å². The monoisotopic (exact) mass is 196 g/mol. The van der Waals surface area contributed by atoms with Crippen LogP contribution >= 0.6 is 0 Å². The lowest BCUT2D eigenvalue weighted by molar-refractivity contribution is -0.0464. The van der Waals surface area contributed by atoms with E-state index in [1.54, 1.807) is 0 Å². The van der Waals surface area contributed by atoms with Crippen molar-refractivity contribution in [1.29, 1.82) is 0 Å². The van der Waals surface area contributed by atoms with Crippen molar-refractivity contribution in [3.05, 3.63) is 35.1 Å². The molecule has 0 aliphatic carbocycles. The Morgan fingerprint density at radius 3 is 2.64 bits per heavy atom. The predicted octanol–water partition coefficient (Wildman–Crippen LogP) is 1.68. The Bertz CT molecular complexity index is 345. The number of carbonyl (C=O) groups is 1. The highest BCUT2D eigenvalue weighted by atomic mass is 19.1. The zero-order chi connectivity index (χ0) is 9.97. The number of rotatable bonds is 2. The molecular weight excluding hydrogens is 187 g/mol. The molecule has 1 aliphatic heterocycles. The second-order valence-electron chi connectivity index (χ2n) is 2.97. The van der Waals surface area contributed by atoms with E-state index >= 15 is 0 Å². The van der Waals surface area contributed by atoms with Crippen molar-refractivity contribution in [2.24, 2.45) is 0 Å². The van der Waals surface area contributed by atoms with Crippen molar-refractivity contribution in [3.8, 4) is 0 Å². The van der Waals surface area contributed by atoms with E-state index in [1.807, 2.05) is 0 Å². The molecule has 14 heavy (non-hydrogen) atoms. The van der Waals surface area contributed by atoms with E-state index in [0.29, 0.717) is 30.6 Å². The van der Waals surface area contributed by atoms with Gasteiger partial charge in [0.25, 0.3) is 0 Å². The molecule has 0 atom stereocenters. The van der Waals surface area contributed by atoms with Gasteiger partial charge in [-0.1, -0.05) is 12.1 Å². The molecule has 2 rings (SSSR count). The van der Waals surface area contributed by atoms with Crippen molar-refractivity contribution in [3.63, 3.8) is 0 Å². The molecule has 0 spiro atoms. The maximum absolute atomic E-state index is 13.4.